The van der Waals surface area contributed by atoms with Gasteiger partial charge < -0.3 is 10.1 Å². The Hall–Kier alpha value is -1.61. The second-order valence-corrected chi connectivity index (χ2v) is 6.34. The molecule has 0 aromatic heterocycles. The van der Waals surface area contributed by atoms with E-state index in [1.54, 1.807) is 18.9 Å². The van der Waals surface area contributed by atoms with Crippen LogP contribution in [-0.4, -0.2) is 13.4 Å². The topological polar surface area (TPSA) is 21.3 Å². The van der Waals surface area contributed by atoms with E-state index in [2.05, 4.69) is 48.0 Å². The molecule has 0 saturated heterocycles. The van der Waals surface area contributed by atoms with Crippen LogP contribution in [0.2, 0.25) is 0 Å². The Morgan fingerprint density at radius 1 is 1.14 bits per heavy atom. The van der Waals surface area contributed by atoms with E-state index in [1.165, 1.54) is 29.0 Å². The Morgan fingerprint density at radius 3 is 2.52 bits per heavy atom. The number of hydrogen-bond donors (Lipinski definition) is 1. The third-order valence-corrected chi connectivity index (χ3v) is 4.69. The lowest BCUT2D eigenvalue weighted by Gasteiger charge is -2.21. The van der Waals surface area contributed by atoms with E-state index >= 15 is 0 Å². The fourth-order valence-corrected chi connectivity index (χ4v) is 3.07. The maximum atomic E-state index is 5.25. The van der Waals surface area contributed by atoms with Crippen LogP contribution in [0.1, 0.15) is 24.4 Å². The fraction of sp³-hybridized carbons (Fsp3) is 0.333. The lowest BCUT2D eigenvalue weighted by Crippen LogP contribution is -2.12. The van der Waals surface area contributed by atoms with E-state index in [0.29, 0.717) is 6.04 Å². The van der Waals surface area contributed by atoms with Gasteiger partial charge in [0.1, 0.15) is 5.75 Å². The van der Waals surface area contributed by atoms with Crippen molar-refractivity contribution in [1.82, 2.24) is 0 Å². The molecule has 0 radical (unpaired) electrons. The molecule has 0 amide bonds. The molecule has 1 atom stereocenters. The molecule has 1 aliphatic carbocycles. The highest BCUT2D eigenvalue weighted by atomic mass is 32.2. The van der Waals surface area contributed by atoms with E-state index in [4.69, 9.17) is 4.74 Å². The van der Waals surface area contributed by atoms with Crippen molar-refractivity contribution >= 4 is 17.4 Å². The number of anilines is 1. The van der Waals surface area contributed by atoms with Crippen molar-refractivity contribution in [2.75, 3.05) is 18.7 Å². The molecule has 0 spiro atoms. The second kappa shape index (κ2) is 6.44. The standard InChI is InChI=1S/C18H21NOS/c1-20-16-10-8-14(9-11-16)18(13-6-7-13)19-15-4-3-5-17(12-15)21-2/h3-5,8-13,18-19H,6-7H2,1-2H3. The zero-order valence-corrected chi connectivity index (χ0v) is 13.3. The summed E-state index contributed by atoms with van der Waals surface area (Å²) in [7, 11) is 1.71. The summed E-state index contributed by atoms with van der Waals surface area (Å²) in [5, 5.41) is 3.72. The van der Waals surface area contributed by atoms with Gasteiger partial charge in [0.15, 0.2) is 0 Å². The van der Waals surface area contributed by atoms with Gasteiger partial charge in [0.2, 0.25) is 0 Å². The third kappa shape index (κ3) is 3.53. The number of thioether (sulfide) groups is 1. The minimum absolute atomic E-state index is 0.396. The van der Waals surface area contributed by atoms with Crippen LogP contribution in [-0.2, 0) is 0 Å². The second-order valence-electron chi connectivity index (χ2n) is 5.46. The van der Waals surface area contributed by atoms with Crippen molar-refractivity contribution < 1.29 is 4.74 Å². The van der Waals surface area contributed by atoms with Gasteiger partial charge in [-0.15, -0.1) is 11.8 Å². The van der Waals surface area contributed by atoms with E-state index in [0.717, 1.165) is 11.7 Å². The number of ether oxygens (including phenoxy) is 1. The van der Waals surface area contributed by atoms with Gasteiger partial charge in [-0.1, -0.05) is 18.2 Å². The molecule has 1 fully saturated rings. The molecule has 1 unspecified atom stereocenters. The average molecular weight is 299 g/mol. The molecule has 2 aromatic rings. The minimum Gasteiger partial charge on any atom is -0.497 e. The Balaban J connectivity index is 1.80. The quantitative estimate of drug-likeness (QED) is 0.760. The predicted octanol–water partition coefficient (Wildman–Crippen LogP) is 4.98. The first-order chi connectivity index (χ1) is 10.3. The monoisotopic (exact) mass is 299 g/mol. The molecular weight excluding hydrogens is 278 g/mol. The summed E-state index contributed by atoms with van der Waals surface area (Å²) in [4.78, 5) is 1.30. The van der Waals surface area contributed by atoms with E-state index in [9.17, 15) is 0 Å². The molecule has 2 nitrogen and oxygen atoms in total. The third-order valence-electron chi connectivity index (χ3n) is 3.96. The van der Waals surface area contributed by atoms with Crippen molar-refractivity contribution in [2.24, 2.45) is 5.92 Å². The Morgan fingerprint density at radius 2 is 1.90 bits per heavy atom. The van der Waals surface area contributed by atoms with Gasteiger partial charge in [-0.25, -0.2) is 0 Å². The van der Waals surface area contributed by atoms with Crippen LogP contribution in [0.4, 0.5) is 5.69 Å². The minimum atomic E-state index is 0.396. The molecule has 1 N–H and O–H groups in total. The van der Waals surface area contributed by atoms with Crippen LogP contribution in [0.25, 0.3) is 0 Å². The molecule has 3 rings (SSSR count). The Bertz CT molecular complexity index is 592. The molecule has 1 saturated carbocycles. The summed E-state index contributed by atoms with van der Waals surface area (Å²) >= 11 is 1.78. The first-order valence-corrected chi connectivity index (χ1v) is 8.57. The molecule has 110 valence electrons. The predicted molar refractivity (Wildman–Crippen MR) is 90.3 cm³/mol. The van der Waals surface area contributed by atoms with Crippen LogP contribution < -0.4 is 10.1 Å². The van der Waals surface area contributed by atoms with Crippen molar-refractivity contribution in [3.63, 3.8) is 0 Å². The molecule has 3 heteroatoms. The highest BCUT2D eigenvalue weighted by Crippen LogP contribution is 2.43. The van der Waals surface area contributed by atoms with Crippen LogP contribution >= 0.6 is 11.8 Å². The van der Waals surface area contributed by atoms with Gasteiger partial charge >= 0.3 is 0 Å². The first kappa shape index (κ1) is 14.3. The van der Waals surface area contributed by atoms with Gasteiger partial charge in [0.25, 0.3) is 0 Å². The summed E-state index contributed by atoms with van der Waals surface area (Å²) in [6, 6.07) is 17.5. The number of benzene rings is 2. The molecule has 0 bridgehead atoms. The van der Waals surface area contributed by atoms with Crippen molar-refractivity contribution in [1.29, 1.82) is 0 Å². The highest BCUT2D eigenvalue weighted by Gasteiger charge is 2.32. The van der Waals surface area contributed by atoms with Gasteiger partial charge in [0.05, 0.1) is 13.2 Å². The van der Waals surface area contributed by atoms with Crippen molar-refractivity contribution in [2.45, 2.75) is 23.8 Å². The van der Waals surface area contributed by atoms with Gasteiger partial charge in [-0.3, -0.25) is 0 Å². The Labute approximate surface area is 130 Å². The first-order valence-electron chi connectivity index (χ1n) is 7.34. The fourth-order valence-electron chi connectivity index (χ4n) is 2.61. The highest BCUT2D eigenvalue weighted by molar-refractivity contribution is 7.98. The molecule has 2 aromatic carbocycles. The summed E-state index contributed by atoms with van der Waals surface area (Å²) in [6.45, 7) is 0. The zero-order chi connectivity index (χ0) is 14.7. The molecule has 1 aliphatic rings. The van der Waals surface area contributed by atoms with Crippen LogP contribution in [0, 0.1) is 5.92 Å². The summed E-state index contributed by atoms with van der Waals surface area (Å²) in [6.07, 6.45) is 4.73. The molecular formula is C18H21NOS. The van der Waals surface area contributed by atoms with E-state index < -0.39 is 0 Å². The van der Waals surface area contributed by atoms with Gasteiger partial charge in [-0.2, -0.15) is 0 Å². The molecule has 0 aliphatic heterocycles. The van der Waals surface area contributed by atoms with Gasteiger partial charge in [0, 0.05) is 10.6 Å². The van der Waals surface area contributed by atoms with Crippen LogP contribution in [0.5, 0.6) is 5.75 Å². The van der Waals surface area contributed by atoms with Crippen LogP contribution in [0.15, 0.2) is 53.4 Å². The number of rotatable bonds is 6. The summed E-state index contributed by atoms with van der Waals surface area (Å²) in [5.74, 6) is 1.66. The van der Waals surface area contributed by atoms with Crippen molar-refractivity contribution in [3.8, 4) is 5.75 Å². The normalized spacial score (nSPS) is 15.5. The number of nitrogens with one attached hydrogen (secondary N) is 1. The largest absolute Gasteiger partial charge is 0.497 e. The maximum absolute atomic E-state index is 5.25. The number of hydrogen-bond acceptors (Lipinski definition) is 3. The Kier molecular flexibility index (Phi) is 4.39. The van der Waals surface area contributed by atoms with E-state index in [1.807, 2.05) is 12.1 Å². The lowest BCUT2D eigenvalue weighted by atomic mass is 10.0. The molecule has 21 heavy (non-hydrogen) atoms. The van der Waals surface area contributed by atoms with Crippen molar-refractivity contribution in [3.05, 3.63) is 54.1 Å². The lowest BCUT2D eigenvalue weighted by molar-refractivity contribution is 0.414. The molecule has 0 heterocycles. The smallest absolute Gasteiger partial charge is 0.118 e. The van der Waals surface area contributed by atoms with Gasteiger partial charge in [-0.05, 0) is 60.9 Å². The van der Waals surface area contributed by atoms with Crippen LogP contribution in [0.3, 0.4) is 0 Å². The zero-order valence-electron chi connectivity index (χ0n) is 12.5. The summed E-state index contributed by atoms with van der Waals surface area (Å²) in [5.41, 5.74) is 2.54. The SMILES string of the molecule is COc1ccc(C(Nc2cccc(SC)c2)C2CC2)cc1. The maximum Gasteiger partial charge on any atom is 0.118 e. The number of methoxy groups -OCH3 is 1. The average Bonchev–Trinajstić information content (AvgIpc) is 3.38. The van der Waals surface area contributed by atoms with E-state index in [-0.39, 0.29) is 0 Å². The summed E-state index contributed by atoms with van der Waals surface area (Å²) < 4.78 is 5.25.